The number of aliphatic carboxylic acids is 1. The van der Waals surface area contributed by atoms with Crippen LogP contribution in [0.15, 0.2) is 71.0 Å². The maximum absolute atomic E-state index is 12.2. The molecule has 0 saturated carbocycles. The number of carboxylic acids is 1. The molecule has 0 amide bonds. The summed E-state index contributed by atoms with van der Waals surface area (Å²) in [6, 6.07) is 16.5. The summed E-state index contributed by atoms with van der Waals surface area (Å²) in [6.07, 6.45) is -0.148. The van der Waals surface area contributed by atoms with Crippen LogP contribution in [0.2, 0.25) is 0 Å². The number of ether oxygens (including phenoxy) is 1. The fourth-order valence-corrected chi connectivity index (χ4v) is 3.04. The minimum atomic E-state index is -1.00. The number of carbonyl (C=O) groups is 2. The van der Waals surface area contributed by atoms with Crippen molar-refractivity contribution in [2.75, 3.05) is 6.54 Å². The Bertz CT molecular complexity index is 965. The number of benzene rings is 2. The molecule has 1 N–H and O–H groups in total. The van der Waals surface area contributed by atoms with Crippen LogP contribution in [0, 0.1) is 0 Å². The second kappa shape index (κ2) is 6.95. The van der Waals surface area contributed by atoms with Gasteiger partial charge in [0.2, 0.25) is 0 Å². The molecule has 2 heterocycles. The van der Waals surface area contributed by atoms with E-state index in [4.69, 9.17) is 14.7 Å². The van der Waals surface area contributed by atoms with Gasteiger partial charge in [0, 0.05) is 11.1 Å². The van der Waals surface area contributed by atoms with Gasteiger partial charge in [-0.1, -0.05) is 42.5 Å². The standard InChI is InChI=1S/C20H16N2O5/c23-18(24)11-17-15-12-22(27-19(25)10-13-6-2-1-3-7-13)21-20(15)14-8-4-5-9-16(14)26-17/h1-9H,10-12H2,(H,23,24). The average molecular weight is 364 g/mol. The molecule has 2 aromatic rings. The third-order valence-corrected chi connectivity index (χ3v) is 4.21. The Hall–Kier alpha value is -3.61. The Morgan fingerprint density at radius 2 is 1.81 bits per heavy atom. The first-order chi connectivity index (χ1) is 13.1. The summed E-state index contributed by atoms with van der Waals surface area (Å²) in [5.74, 6) is -0.607. The van der Waals surface area contributed by atoms with E-state index in [1.807, 2.05) is 42.5 Å². The van der Waals surface area contributed by atoms with E-state index in [-0.39, 0.29) is 19.4 Å². The molecule has 27 heavy (non-hydrogen) atoms. The molecule has 7 nitrogen and oxygen atoms in total. The largest absolute Gasteiger partial charge is 0.481 e. The van der Waals surface area contributed by atoms with Gasteiger partial charge in [-0.2, -0.15) is 0 Å². The average Bonchev–Trinajstić information content (AvgIpc) is 3.06. The lowest BCUT2D eigenvalue weighted by molar-refractivity contribution is -0.186. The number of carbonyl (C=O) groups excluding carboxylic acids is 1. The number of hydrogen-bond acceptors (Lipinski definition) is 6. The molecule has 0 unspecified atom stereocenters. The Kier molecular flexibility index (Phi) is 4.33. The summed E-state index contributed by atoms with van der Waals surface area (Å²) >= 11 is 0. The van der Waals surface area contributed by atoms with Crippen LogP contribution in [0.5, 0.6) is 5.75 Å². The van der Waals surface area contributed by atoms with Crippen LogP contribution >= 0.6 is 0 Å². The summed E-state index contributed by atoms with van der Waals surface area (Å²) in [5, 5.41) is 14.7. The summed E-state index contributed by atoms with van der Waals surface area (Å²) < 4.78 is 5.76. The number of rotatable bonds is 5. The number of nitrogens with zero attached hydrogens (tertiary/aromatic N) is 2. The second-order valence-electron chi connectivity index (χ2n) is 6.16. The molecule has 0 aliphatic carbocycles. The maximum Gasteiger partial charge on any atom is 0.338 e. The smallest absolute Gasteiger partial charge is 0.338 e. The maximum atomic E-state index is 12.2. The van der Waals surface area contributed by atoms with Crippen LogP contribution < -0.4 is 4.74 Å². The minimum absolute atomic E-state index is 0.121. The zero-order valence-electron chi connectivity index (χ0n) is 14.3. The third kappa shape index (κ3) is 3.52. The van der Waals surface area contributed by atoms with Gasteiger partial charge in [-0.3, -0.25) is 4.79 Å². The topological polar surface area (TPSA) is 88.4 Å². The molecule has 2 aromatic carbocycles. The molecule has 0 saturated heterocycles. The first-order valence-corrected chi connectivity index (χ1v) is 8.42. The van der Waals surface area contributed by atoms with Gasteiger partial charge < -0.3 is 14.7 Å². The fraction of sp³-hybridized carbons (Fsp3) is 0.150. The summed E-state index contributed by atoms with van der Waals surface area (Å²) in [7, 11) is 0. The molecule has 0 fully saturated rings. The lowest BCUT2D eigenvalue weighted by Gasteiger charge is -2.20. The Labute approximate surface area is 155 Å². The van der Waals surface area contributed by atoms with Gasteiger partial charge in [0.25, 0.3) is 0 Å². The van der Waals surface area contributed by atoms with Gasteiger partial charge in [0.05, 0.1) is 6.42 Å². The zero-order valence-corrected chi connectivity index (χ0v) is 14.3. The zero-order chi connectivity index (χ0) is 18.8. The first kappa shape index (κ1) is 16.8. The van der Waals surface area contributed by atoms with Gasteiger partial charge in [-0.25, -0.2) is 4.79 Å². The van der Waals surface area contributed by atoms with Crippen molar-refractivity contribution in [2.24, 2.45) is 5.10 Å². The molecular formula is C20H16N2O5. The number of hydrogen-bond donors (Lipinski definition) is 1. The molecule has 7 heteroatoms. The van der Waals surface area contributed by atoms with Gasteiger partial charge in [0.1, 0.15) is 30.2 Å². The van der Waals surface area contributed by atoms with Crippen molar-refractivity contribution in [3.05, 3.63) is 77.1 Å². The second-order valence-corrected chi connectivity index (χ2v) is 6.16. The van der Waals surface area contributed by atoms with E-state index in [9.17, 15) is 9.59 Å². The normalized spacial score (nSPS) is 14.8. The molecular weight excluding hydrogens is 348 g/mol. The number of hydroxylamine groups is 1. The highest BCUT2D eigenvalue weighted by atomic mass is 16.7. The van der Waals surface area contributed by atoms with E-state index in [2.05, 4.69) is 5.10 Å². The number of para-hydroxylation sites is 1. The van der Waals surface area contributed by atoms with Crippen molar-refractivity contribution in [1.82, 2.24) is 5.17 Å². The summed E-state index contributed by atoms with van der Waals surface area (Å²) in [5.41, 5.74) is 2.76. The molecule has 136 valence electrons. The lowest BCUT2D eigenvalue weighted by atomic mass is 9.98. The molecule has 0 spiro atoms. The quantitative estimate of drug-likeness (QED) is 0.877. The van der Waals surface area contributed by atoms with E-state index in [0.717, 1.165) is 11.1 Å². The summed E-state index contributed by atoms with van der Waals surface area (Å²) in [4.78, 5) is 28.7. The van der Waals surface area contributed by atoms with E-state index in [1.165, 1.54) is 5.17 Å². The molecule has 2 aliphatic heterocycles. The predicted molar refractivity (Wildman–Crippen MR) is 95.8 cm³/mol. The van der Waals surface area contributed by atoms with Crippen LogP contribution in [0.1, 0.15) is 17.5 Å². The summed E-state index contributed by atoms with van der Waals surface area (Å²) in [6.45, 7) is 0.146. The first-order valence-electron chi connectivity index (χ1n) is 8.42. The van der Waals surface area contributed by atoms with E-state index < -0.39 is 11.9 Å². The Balaban J connectivity index is 1.57. The van der Waals surface area contributed by atoms with Crippen LogP contribution in [0.25, 0.3) is 0 Å². The van der Waals surface area contributed by atoms with Gasteiger partial charge >= 0.3 is 11.9 Å². The van der Waals surface area contributed by atoms with Crippen LogP contribution in [-0.4, -0.2) is 34.5 Å². The van der Waals surface area contributed by atoms with Gasteiger partial charge in [-0.15, -0.1) is 10.3 Å². The predicted octanol–water partition coefficient (Wildman–Crippen LogP) is 2.53. The van der Waals surface area contributed by atoms with Crippen LogP contribution in [0.3, 0.4) is 0 Å². The molecule has 0 aromatic heterocycles. The van der Waals surface area contributed by atoms with E-state index in [0.29, 0.717) is 22.8 Å². The number of carboxylic acid groups (broad SMARTS) is 1. The highest BCUT2D eigenvalue weighted by molar-refractivity contribution is 6.16. The van der Waals surface area contributed by atoms with Crippen molar-refractivity contribution < 1.29 is 24.3 Å². The highest BCUT2D eigenvalue weighted by Gasteiger charge is 2.34. The lowest BCUT2D eigenvalue weighted by Crippen LogP contribution is -2.23. The van der Waals surface area contributed by atoms with Gasteiger partial charge in [0.15, 0.2) is 0 Å². The molecule has 0 atom stereocenters. The van der Waals surface area contributed by atoms with Crippen molar-refractivity contribution in [3.8, 4) is 5.75 Å². The van der Waals surface area contributed by atoms with Crippen molar-refractivity contribution in [3.63, 3.8) is 0 Å². The Morgan fingerprint density at radius 1 is 1.07 bits per heavy atom. The van der Waals surface area contributed by atoms with Crippen molar-refractivity contribution in [2.45, 2.75) is 12.8 Å². The monoisotopic (exact) mass is 364 g/mol. The van der Waals surface area contributed by atoms with E-state index in [1.54, 1.807) is 12.1 Å². The van der Waals surface area contributed by atoms with Crippen molar-refractivity contribution >= 4 is 17.7 Å². The molecule has 0 radical (unpaired) electrons. The number of fused-ring (bicyclic) bond motifs is 3. The fourth-order valence-electron chi connectivity index (χ4n) is 3.04. The molecule has 2 aliphatic rings. The van der Waals surface area contributed by atoms with Gasteiger partial charge in [-0.05, 0) is 17.7 Å². The van der Waals surface area contributed by atoms with E-state index >= 15 is 0 Å². The van der Waals surface area contributed by atoms with Crippen LogP contribution in [-0.2, 0) is 20.8 Å². The third-order valence-electron chi connectivity index (χ3n) is 4.21. The Morgan fingerprint density at radius 3 is 2.59 bits per heavy atom. The SMILES string of the molecule is O=C(O)CC1=C2CN(OC(=O)Cc3ccccc3)N=C2c2ccccc2O1. The highest BCUT2D eigenvalue weighted by Crippen LogP contribution is 2.35. The number of hydrazone groups is 1. The molecule has 0 bridgehead atoms. The van der Waals surface area contributed by atoms with Crippen LogP contribution in [0.4, 0.5) is 0 Å². The minimum Gasteiger partial charge on any atom is -0.481 e. The molecule has 4 rings (SSSR count). The van der Waals surface area contributed by atoms with Crippen molar-refractivity contribution in [1.29, 1.82) is 0 Å².